The summed E-state index contributed by atoms with van der Waals surface area (Å²) in [5, 5.41) is 18.6. The van der Waals surface area contributed by atoms with Gasteiger partial charge in [0.25, 0.3) is 5.91 Å². The predicted octanol–water partition coefficient (Wildman–Crippen LogP) is 3.35. The van der Waals surface area contributed by atoms with Gasteiger partial charge in [-0.05, 0) is 43.0 Å². The van der Waals surface area contributed by atoms with Crippen molar-refractivity contribution in [2.45, 2.75) is 26.7 Å². The minimum Gasteiger partial charge on any atom is -0.507 e. The molecule has 3 N–H and O–H groups in total. The van der Waals surface area contributed by atoms with Crippen LogP contribution in [0, 0.1) is 0 Å². The van der Waals surface area contributed by atoms with E-state index in [0.717, 1.165) is 6.42 Å². The molecule has 0 aliphatic heterocycles. The maximum absolute atomic E-state index is 11.9. The van der Waals surface area contributed by atoms with E-state index in [0.29, 0.717) is 28.3 Å². The number of carbonyl (C=O) groups excluding carboxylic acids is 2. The van der Waals surface area contributed by atoms with E-state index in [-0.39, 0.29) is 17.6 Å². The highest BCUT2D eigenvalue weighted by molar-refractivity contribution is 7.12. The number of aromatic hydroxyl groups is 1. The minimum atomic E-state index is -0.309. The van der Waals surface area contributed by atoms with E-state index in [1.807, 2.05) is 6.92 Å². The third kappa shape index (κ3) is 4.66. The molecule has 0 fully saturated rings. The number of hydrogen-bond donors (Lipinski definition) is 3. The number of phenolic OH excluding ortho intramolecular Hbond substituents is 1. The van der Waals surface area contributed by atoms with Gasteiger partial charge < -0.3 is 10.4 Å². The van der Waals surface area contributed by atoms with Crippen LogP contribution in [0.15, 0.2) is 40.8 Å². The van der Waals surface area contributed by atoms with Crippen LogP contribution in [-0.4, -0.2) is 22.6 Å². The number of anilines is 1. The zero-order valence-corrected chi connectivity index (χ0v) is 14.3. The summed E-state index contributed by atoms with van der Waals surface area (Å²) in [5.74, 6) is -0.374. The second-order valence-electron chi connectivity index (χ2n) is 5.15. The van der Waals surface area contributed by atoms with Crippen LogP contribution < -0.4 is 10.7 Å². The fourth-order valence-corrected chi connectivity index (χ4v) is 2.63. The number of amides is 2. The molecule has 0 atom stereocenters. The Morgan fingerprint density at radius 1 is 1.29 bits per heavy atom. The highest BCUT2D eigenvalue weighted by Crippen LogP contribution is 2.22. The lowest BCUT2D eigenvalue weighted by atomic mass is 10.1. The number of nitrogens with zero attached hydrogens (tertiary/aromatic N) is 1. The van der Waals surface area contributed by atoms with Crippen LogP contribution in [0.2, 0.25) is 0 Å². The van der Waals surface area contributed by atoms with Crippen LogP contribution in [0.5, 0.6) is 5.75 Å². The van der Waals surface area contributed by atoms with Crippen LogP contribution in [-0.2, 0) is 4.79 Å². The molecule has 1 aromatic heterocycles. The average molecular weight is 345 g/mol. The topological polar surface area (TPSA) is 90.8 Å². The summed E-state index contributed by atoms with van der Waals surface area (Å²) in [6.07, 6.45) is 1.19. The molecule has 0 saturated heterocycles. The van der Waals surface area contributed by atoms with Gasteiger partial charge in [0.1, 0.15) is 5.75 Å². The monoisotopic (exact) mass is 345 g/mol. The first-order chi connectivity index (χ1) is 11.5. The fourth-order valence-electron chi connectivity index (χ4n) is 2.01. The Balaban J connectivity index is 2.12. The number of thiophene rings is 1. The van der Waals surface area contributed by atoms with Gasteiger partial charge in [-0.25, -0.2) is 5.43 Å². The van der Waals surface area contributed by atoms with E-state index in [1.165, 1.54) is 17.4 Å². The van der Waals surface area contributed by atoms with Gasteiger partial charge in [-0.2, -0.15) is 5.10 Å². The molecule has 6 nitrogen and oxygen atoms in total. The van der Waals surface area contributed by atoms with Gasteiger partial charge in [0.15, 0.2) is 0 Å². The number of nitrogens with one attached hydrogen (secondary N) is 2. The van der Waals surface area contributed by atoms with Crippen molar-refractivity contribution in [3.8, 4) is 5.75 Å². The Hall–Kier alpha value is -2.67. The highest BCUT2D eigenvalue weighted by atomic mass is 32.1. The Bertz CT molecular complexity index is 754. The van der Waals surface area contributed by atoms with Gasteiger partial charge in [-0.3, -0.25) is 9.59 Å². The highest BCUT2D eigenvalue weighted by Gasteiger charge is 2.10. The number of hydrogen-bond acceptors (Lipinski definition) is 5. The summed E-state index contributed by atoms with van der Waals surface area (Å²) in [6, 6.07) is 8.20. The number of rotatable bonds is 6. The molecule has 0 spiro atoms. The summed E-state index contributed by atoms with van der Waals surface area (Å²) >= 11 is 1.32. The number of hydrazone groups is 1. The second-order valence-corrected chi connectivity index (χ2v) is 6.09. The molecule has 1 heterocycles. The molecule has 2 aromatic rings. The maximum atomic E-state index is 11.9. The normalized spacial score (nSPS) is 11.2. The molecular weight excluding hydrogens is 326 g/mol. The van der Waals surface area contributed by atoms with Crippen molar-refractivity contribution in [1.82, 2.24) is 5.43 Å². The smallest absolute Gasteiger partial charge is 0.281 e. The average Bonchev–Trinajstić information content (AvgIpc) is 3.09. The van der Waals surface area contributed by atoms with Gasteiger partial charge in [0.2, 0.25) is 5.91 Å². The van der Waals surface area contributed by atoms with Crippen molar-refractivity contribution in [2.75, 3.05) is 5.32 Å². The van der Waals surface area contributed by atoms with Crippen molar-refractivity contribution in [2.24, 2.45) is 5.10 Å². The molecule has 7 heteroatoms. The molecule has 0 saturated carbocycles. The van der Waals surface area contributed by atoms with Crippen molar-refractivity contribution >= 4 is 34.6 Å². The van der Waals surface area contributed by atoms with Gasteiger partial charge in [-0.15, -0.1) is 11.3 Å². The lowest BCUT2D eigenvalue weighted by molar-refractivity contribution is -0.116. The van der Waals surface area contributed by atoms with Crippen molar-refractivity contribution in [3.05, 3.63) is 46.2 Å². The SMILES string of the molecule is CCCC(=O)Nc1ccc(O)c(/C(C)=N/NC(=O)c2cccs2)c1. The maximum Gasteiger partial charge on any atom is 0.281 e. The van der Waals surface area contributed by atoms with Gasteiger partial charge in [0, 0.05) is 17.7 Å². The molecule has 126 valence electrons. The largest absolute Gasteiger partial charge is 0.507 e. The zero-order valence-electron chi connectivity index (χ0n) is 13.5. The molecule has 0 bridgehead atoms. The first-order valence-corrected chi connectivity index (χ1v) is 8.40. The third-order valence-electron chi connectivity index (χ3n) is 3.22. The standard InChI is InChI=1S/C17H19N3O3S/c1-3-5-16(22)18-12-7-8-14(21)13(10-12)11(2)19-20-17(23)15-6-4-9-24-15/h4,6-10,21H,3,5H2,1-2H3,(H,18,22)(H,20,23)/b19-11+. The molecule has 2 amide bonds. The molecule has 0 aliphatic rings. The zero-order chi connectivity index (χ0) is 17.5. The molecule has 0 unspecified atom stereocenters. The predicted molar refractivity (Wildman–Crippen MR) is 95.6 cm³/mol. The Morgan fingerprint density at radius 3 is 2.75 bits per heavy atom. The summed E-state index contributed by atoms with van der Waals surface area (Å²) in [4.78, 5) is 24.1. The molecule has 0 radical (unpaired) electrons. The van der Waals surface area contributed by atoms with E-state index in [4.69, 9.17) is 0 Å². The first kappa shape index (κ1) is 17.7. The van der Waals surface area contributed by atoms with E-state index >= 15 is 0 Å². The van der Waals surface area contributed by atoms with Crippen molar-refractivity contribution < 1.29 is 14.7 Å². The van der Waals surface area contributed by atoms with Gasteiger partial charge in [0.05, 0.1) is 10.6 Å². The van der Waals surface area contributed by atoms with Crippen molar-refractivity contribution in [1.29, 1.82) is 0 Å². The molecular formula is C17H19N3O3S. The lowest BCUT2D eigenvalue weighted by Crippen LogP contribution is -2.18. The molecule has 1 aromatic carbocycles. The Labute approximate surface area is 144 Å². The number of phenols is 1. The van der Waals surface area contributed by atoms with Gasteiger partial charge >= 0.3 is 0 Å². The van der Waals surface area contributed by atoms with E-state index < -0.39 is 0 Å². The summed E-state index contributed by atoms with van der Waals surface area (Å²) < 4.78 is 0. The Kier molecular flexibility index (Phi) is 6.08. The van der Waals surface area contributed by atoms with E-state index in [2.05, 4.69) is 15.8 Å². The van der Waals surface area contributed by atoms with E-state index in [1.54, 1.807) is 36.6 Å². The lowest BCUT2D eigenvalue weighted by Gasteiger charge is -2.09. The van der Waals surface area contributed by atoms with Crippen molar-refractivity contribution in [3.63, 3.8) is 0 Å². The summed E-state index contributed by atoms with van der Waals surface area (Å²) in [6.45, 7) is 3.59. The van der Waals surface area contributed by atoms with Crippen LogP contribution in [0.4, 0.5) is 5.69 Å². The minimum absolute atomic E-state index is 0.0233. The van der Waals surface area contributed by atoms with E-state index in [9.17, 15) is 14.7 Å². The quantitative estimate of drug-likeness (QED) is 0.426. The molecule has 24 heavy (non-hydrogen) atoms. The molecule has 2 rings (SSSR count). The van der Waals surface area contributed by atoms with Crippen LogP contribution in [0.25, 0.3) is 0 Å². The number of benzene rings is 1. The third-order valence-corrected chi connectivity index (χ3v) is 4.09. The Morgan fingerprint density at radius 2 is 2.08 bits per heavy atom. The number of carbonyl (C=O) groups is 2. The second kappa shape index (κ2) is 8.26. The molecule has 0 aliphatic carbocycles. The fraction of sp³-hybridized carbons (Fsp3) is 0.235. The summed E-state index contributed by atoms with van der Waals surface area (Å²) in [7, 11) is 0. The van der Waals surface area contributed by atoms with Crippen LogP contribution in [0.3, 0.4) is 0 Å². The first-order valence-electron chi connectivity index (χ1n) is 7.52. The van der Waals surface area contributed by atoms with Gasteiger partial charge in [-0.1, -0.05) is 13.0 Å². The van der Waals surface area contributed by atoms with Crippen LogP contribution >= 0.6 is 11.3 Å². The van der Waals surface area contributed by atoms with Crippen LogP contribution in [0.1, 0.15) is 41.9 Å². The summed E-state index contributed by atoms with van der Waals surface area (Å²) in [5.41, 5.74) is 3.90.